The first-order valence-corrected chi connectivity index (χ1v) is 7.51. The molecule has 6 heteroatoms. The molecular weight excluding hydrogens is 287 g/mol. The van der Waals surface area contributed by atoms with Crippen molar-refractivity contribution in [3.63, 3.8) is 0 Å². The second-order valence-electron chi connectivity index (χ2n) is 5.47. The highest BCUT2D eigenvalue weighted by atomic mass is 19.1. The first-order chi connectivity index (χ1) is 10.5. The summed E-state index contributed by atoms with van der Waals surface area (Å²) < 4.78 is 18.5. The van der Waals surface area contributed by atoms with Crippen LogP contribution in [0.15, 0.2) is 24.3 Å². The van der Waals surface area contributed by atoms with Crippen molar-refractivity contribution in [1.82, 2.24) is 4.90 Å². The van der Waals surface area contributed by atoms with Crippen molar-refractivity contribution in [3.05, 3.63) is 30.1 Å². The number of nitrogens with two attached hydrogens (primary N) is 1. The molecule has 1 saturated heterocycles. The van der Waals surface area contributed by atoms with Crippen LogP contribution in [-0.4, -0.2) is 35.9 Å². The standard InChI is InChI=1S/C16H21FN2O3/c1-2-14(22-13-5-3-12(17)4-6-13)16(21)19-9-7-11(8-10-19)15(18)20/h3-6,11,14H,2,7-10H2,1H3,(H2,18,20)/t14-/m1/s1. The summed E-state index contributed by atoms with van der Waals surface area (Å²) in [6.45, 7) is 2.88. The molecule has 1 aliphatic heterocycles. The van der Waals surface area contributed by atoms with E-state index in [0.29, 0.717) is 38.1 Å². The number of carbonyl (C=O) groups is 2. The number of hydrogen-bond donors (Lipinski definition) is 1. The van der Waals surface area contributed by atoms with E-state index in [4.69, 9.17) is 10.5 Å². The van der Waals surface area contributed by atoms with Gasteiger partial charge in [-0.15, -0.1) is 0 Å². The zero-order valence-electron chi connectivity index (χ0n) is 12.6. The van der Waals surface area contributed by atoms with Gasteiger partial charge in [0.2, 0.25) is 5.91 Å². The molecule has 0 saturated carbocycles. The van der Waals surface area contributed by atoms with Crippen LogP contribution in [0.1, 0.15) is 26.2 Å². The molecule has 0 aliphatic carbocycles. The fraction of sp³-hybridized carbons (Fsp3) is 0.500. The Bertz CT molecular complexity index is 525. The van der Waals surface area contributed by atoms with E-state index in [1.807, 2.05) is 6.92 Å². The van der Waals surface area contributed by atoms with Gasteiger partial charge in [-0.1, -0.05) is 6.92 Å². The van der Waals surface area contributed by atoms with Crippen LogP contribution in [0.25, 0.3) is 0 Å². The van der Waals surface area contributed by atoms with Crippen molar-refractivity contribution in [3.8, 4) is 5.75 Å². The van der Waals surface area contributed by atoms with Crippen molar-refractivity contribution in [2.75, 3.05) is 13.1 Å². The molecule has 1 aromatic rings. The average Bonchev–Trinajstić information content (AvgIpc) is 2.53. The fourth-order valence-corrected chi connectivity index (χ4v) is 2.57. The number of hydrogen-bond acceptors (Lipinski definition) is 3. The molecule has 5 nitrogen and oxygen atoms in total. The highest BCUT2D eigenvalue weighted by Gasteiger charge is 2.30. The summed E-state index contributed by atoms with van der Waals surface area (Å²) in [5, 5.41) is 0. The maximum absolute atomic E-state index is 12.9. The normalized spacial score (nSPS) is 17.1. The molecule has 1 atom stereocenters. The van der Waals surface area contributed by atoms with Crippen LogP contribution in [0, 0.1) is 11.7 Å². The molecule has 1 heterocycles. The molecule has 120 valence electrons. The highest BCUT2D eigenvalue weighted by Crippen LogP contribution is 2.20. The monoisotopic (exact) mass is 308 g/mol. The molecule has 2 rings (SSSR count). The zero-order valence-corrected chi connectivity index (χ0v) is 12.6. The van der Waals surface area contributed by atoms with E-state index in [-0.39, 0.29) is 23.5 Å². The molecular formula is C16H21FN2O3. The lowest BCUT2D eigenvalue weighted by atomic mass is 9.96. The summed E-state index contributed by atoms with van der Waals surface area (Å²) in [4.78, 5) is 25.3. The molecule has 0 aromatic heterocycles. The van der Waals surface area contributed by atoms with Gasteiger partial charge in [0, 0.05) is 19.0 Å². The number of likely N-dealkylation sites (tertiary alicyclic amines) is 1. The minimum absolute atomic E-state index is 0.102. The molecule has 22 heavy (non-hydrogen) atoms. The molecule has 2 N–H and O–H groups in total. The van der Waals surface area contributed by atoms with Crippen LogP contribution in [0.5, 0.6) is 5.75 Å². The topological polar surface area (TPSA) is 72.6 Å². The van der Waals surface area contributed by atoms with Crippen molar-refractivity contribution < 1.29 is 18.7 Å². The second-order valence-corrected chi connectivity index (χ2v) is 5.47. The highest BCUT2D eigenvalue weighted by molar-refractivity contribution is 5.82. The van der Waals surface area contributed by atoms with E-state index in [1.165, 1.54) is 24.3 Å². The number of benzene rings is 1. The molecule has 1 aromatic carbocycles. The second kappa shape index (κ2) is 7.24. The van der Waals surface area contributed by atoms with Crippen molar-refractivity contribution in [1.29, 1.82) is 0 Å². The van der Waals surface area contributed by atoms with E-state index in [9.17, 15) is 14.0 Å². The Morgan fingerprint density at radius 1 is 1.32 bits per heavy atom. The Morgan fingerprint density at radius 3 is 2.41 bits per heavy atom. The molecule has 2 amide bonds. The lowest BCUT2D eigenvalue weighted by Crippen LogP contribution is -2.47. The van der Waals surface area contributed by atoms with Gasteiger partial charge in [-0.2, -0.15) is 0 Å². The van der Waals surface area contributed by atoms with Gasteiger partial charge in [-0.3, -0.25) is 9.59 Å². The maximum atomic E-state index is 12.9. The summed E-state index contributed by atoms with van der Waals surface area (Å²) in [7, 11) is 0. The van der Waals surface area contributed by atoms with Gasteiger partial charge in [-0.05, 0) is 43.5 Å². The molecule has 0 radical (unpaired) electrons. The van der Waals surface area contributed by atoms with Crippen LogP contribution in [-0.2, 0) is 9.59 Å². The molecule has 0 spiro atoms. The van der Waals surface area contributed by atoms with Crippen molar-refractivity contribution >= 4 is 11.8 Å². The lowest BCUT2D eigenvalue weighted by Gasteiger charge is -2.33. The predicted octanol–water partition coefficient (Wildman–Crippen LogP) is 1.71. The Labute approximate surface area is 129 Å². The van der Waals surface area contributed by atoms with Crippen LogP contribution < -0.4 is 10.5 Å². The SMILES string of the molecule is CC[C@@H](Oc1ccc(F)cc1)C(=O)N1CCC(C(N)=O)CC1. The number of primary amides is 1. The van der Waals surface area contributed by atoms with Gasteiger partial charge in [0.1, 0.15) is 11.6 Å². The van der Waals surface area contributed by atoms with Gasteiger partial charge < -0.3 is 15.4 Å². The van der Waals surface area contributed by atoms with Gasteiger partial charge in [0.25, 0.3) is 5.91 Å². The Hall–Kier alpha value is -2.11. The van der Waals surface area contributed by atoms with E-state index >= 15 is 0 Å². The first-order valence-electron chi connectivity index (χ1n) is 7.51. The minimum Gasteiger partial charge on any atom is -0.481 e. The number of amides is 2. The van der Waals surface area contributed by atoms with Crippen LogP contribution in [0.4, 0.5) is 4.39 Å². The Kier molecular flexibility index (Phi) is 5.35. The number of nitrogens with zero attached hydrogens (tertiary/aromatic N) is 1. The van der Waals surface area contributed by atoms with Crippen molar-refractivity contribution in [2.24, 2.45) is 11.7 Å². The number of piperidine rings is 1. The average molecular weight is 308 g/mol. The largest absolute Gasteiger partial charge is 0.481 e. The first kappa shape index (κ1) is 16.3. The zero-order chi connectivity index (χ0) is 16.1. The van der Waals surface area contributed by atoms with Crippen LogP contribution in [0.3, 0.4) is 0 Å². The smallest absolute Gasteiger partial charge is 0.263 e. The summed E-state index contributed by atoms with van der Waals surface area (Å²) in [6, 6.07) is 5.60. The maximum Gasteiger partial charge on any atom is 0.263 e. The molecule has 1 fully saturated rings. The number of ether oxygens (including phenoxy) is 1. The van der Waals surface area contributed by atoms with Crippen LogP contribution >= 0.6 is 0 Å². The number of rotatable bonds is 5. The van der Waals surface area contributed by atoms with Gasteiger partial charge in [0.15, 0.2) is 6.10 Å². The number of halogens is 1. The van der Waals surface area contributed by atoms with Crippen molar-refractivity contribution in [2.45, 2.75) is 32.3 Å². The molecule has 1 aliphatic rings. The Morgan fingerprint density at radius 2 is 1.91 bits per heavy atom. The Balaban J connectivity index is 1.94. The number of carbonyl (C=O) groups excluding carboxylic acids is 2. The quantitative estimate of drug-likeness (QED) is 0.900. The van der Waals surface area contributed by atoms with Crippen LogP contribution in [0.2, 0.25) is 0 Å². The third kappa shape index (κ3) is 3.96. The van der Waals surface area contributed by atoms with Gasteiger partial charge in [0.05, 0.1) is 0 Å². The summed E-state index contributed by atoms with van der Waals surface area (Å²) in [5.74, 6) is -0.438. The lowest BCUT2D eigenvalue weighted by molar-refractivity contribution is -0.141. The summed E-state index contributed by atoms with van der Waals surface area (Å²) in [6.07, 6.45) is 1.10. The third-order valence-electron chi connectivity index (χ3n) is 3.95. The predicted molar refractivity (Wildman–Crippen MR) is 79.6 cm³/mol. The van der Waals surface area contributed by atoms with Gasteiger partial charge >= 0.3 is 0 Å². The van der Waals surface area contributed by atoms with Gasteiger partial charge in [-0.25, -0.2) is 4.39 Å². The summed E-state index contributed by atoms with van der Waals surface area (Å²) in [5.41, 5.74) is 5.29. The fourth-order valence-electron chi connectivity index (χ4n) is 2.57. The van der Waals surface area contributed by atoms with E-state index < -0.39 is 6.10 Å². The molecule has 0 unspecified atom stereocenters. The summed E-state index contributed by atoms with van der Waals surface area (Å²) >= 11 is 0. The van der Waals surface area contributed by atoms with E-state index in [2.05, 4.69) is 0 Å². The minimum atomic E-state index is -0.601. The van der Waals surface area contributed by atoms with E-state index in [0.717, 1.165) is 0 Å². The third-order valence-corrected chi connectivity index (χ3v) is 3.95. The van der Waals surface area contributed by atoms with E-state index in [1.54, 1.807) is 4.90 Å². The molecule has 0 bridgehead atoms.